The van der Waals surface area contributed by atoms with E-state index in [0.29, 0.717) is 31.1 Å². The van der Waals surface area contributed by atoms with E-state index in [9.17, 15) is 4.79 Å². The van der Waals surface area contributed by atoms with Crippen molar-refractivity contribution in [1.82, 2.24) is 15.0 Å². The first-order valence-corrected chi connectivity index (χ1v) is 7.72. The van der Waals surface area contributed by atoms with E-state index in [-0.39, 0.29) is 29.8 Å². The lowest BCUT2D eigenvalue weighted by Gasteiger charge is -2.30. The summed E-state index contributed by atoms with van der Waals surface area (Å²) in [6, 6.07) is 0.132. The van der Waals surface area contributed by atoms with Gasteiger partial charge in [0.15, 0.2) is 5.82 Å². The van der Waals surface area contributed by atoms with Gasteiger partial charge in [-0.3, -0.25) is 4.79 Å². The Labute approximate surface area is 138 Å². The summed E-state index contributed by atoms with van der Waals surface area (Å²) in [5, 5.41) is 3.99. The molecule has 1 aromatic rings. The van der Waals surface area contributed by atoms with E-state index in [1.807, 2.05) is 25.7 Å². The number of aromatic nitrogens is 2. The van der Waals surface area contributed by atoms with Gasteiger partial charge in [-0.25, -0.2) is 0 Å². The third kappa shape index (κ3) is 5.25. The maximum absolute atomic E-state index is 12.1. The van der Waals surface area contributed by atoms with Gasteiger partial charge < -0.3 is 15.2 Å². The molecule has 2 N–H and O–H groups in total. The molecule has 2 heterocycles. The van der Waals surface area contributed by atoms with Crippen molar-refractivity contribution >= 4 is 18.3 Å². The second-order valence-electron chi connectivity index (χ2n) is 6.86. The number of carbonyl (C=O) groups is 1. The number of hydrogen-bond donors (Lipinski definition) is 1. The molecule has 1 fully saturated rings. The van der Waals surface area contributed by atoms with Crippen LogP contribution in [-0.2, 0) is 16.6 Å². The van der Waals surface area contributed by atoms with Gasteiger partial charge in [-0.15, -0.1) is 12.4 Å². The molecule has 6 nitrogen and oxygen atoms in total. The molecule has 1 aliphatic heterocycles. The highest BCUT2D eigenvalue weighted by Crippen LogP contribution is 2.19. The zero-order valence-corrected chi connectivity index (χ0v) is 14.5. The number of amides is 1. The second kappa shape index (κ2) is 7.92. The summed E-state index contributed by atoms with van der Waals surface area (Å²) in [4.78, 5) is 18.4. The average molecular weight is 331 g/mol. The second-order valence-corrected chi connectivity index (χ2v) is 6.86. The molecule has 126 valence electrons. The molecule has 22 heavy (non-hydrogen) atoms. The summed E-state index contributed by atoms with van der Waals surface area (Å²) >= 11 is 0. The van der Waals surface area contributed by atoms with Gasteiger partial charge in [0, 0.05) is 37.4 Å². The monoisotopic (exact) mass is 330 g/mol. The minimum Gasteiger partial charge on any atom is -0.341 e. The maximum Gasteiger partial charge on any atom is 0.226 e. The summed E-state index contributed by atoms with van der Waals surface area (Å²) in [5.74, 6) is 1.51. The molecule has 1 amide bonds. The van der Waals surface area contributed by atoms with Gasteiger partial charge in [0.1, 0.15) is 0 Å². The van der Waals surface area contributed by atoms with Crippen molar-refractivity contribution in [2.75, 3.05) is 13.1 Å². The highest BCUT2D eigenvalue weighted by Gasteiger charge is 2.22. The number of carbonyl (C=O) groups excluding carboxylic acids is 1. The molecular formula is C15H27ClN4O2. The lowest BCUT2D eigenvalue weighted by Crippen LogP contribution is -2.45. The van der Waals surface area contributed by atoms with Gasteiger partial charge in [0.2, 0.25) is 11.8 Å². The lowest BCUT2D eigenvalue weighted by atomic mass is 9.96. The van der Waals surface area contributed by atoms with E-state index in [1.54, 1.807) is 0 Å². The Morgan fingerprint density at radius 1 is 1.45 bits per heavy atom. The van der Waals surface area contributed by atoms with Crippen molar-refractivity contribution in [3.63, 3.8) is 0 Å². The van der Waals surface area contributed by atoms with Crippen molar-refractivity contribution in [3.8, 4) is 0 Å². The number of aryl methyl sites for hydroxylation is 1. The van der Waals surface area contributed by atoms with E-state index in [0.717, 1.165) is 25.8 Å². The molecule has 0 spiro atoms. The van der Waals surface area contributed by atoms with Crippen molar-refractivity contribution in [3.05, 3.63) is 11.7 Å². The normalized spacial score (nSPS) is 18.9. The van der Waals surface area contributed by atoms with Crippen LogP contribution >= 0.6 is 12.4 Å². The molecule has 0 aromatic carbocycles. The molecule has 1 aliphatic rings. The van der Waals surface area contributed by atoms with Crippen LogP contribution in [0.25, 0.3) is 0 Å². The van der Waals surface area contributed by atoms with Crippen LogP contribution in [0.1, 0.15) is 58.2 Å². The molecule has 0 radical (unpaired) electrons. The molecule has 1 atom stereocenters. The van der Waals surface area contributed by atoms with Gasteiger partial charge in [0.25, 0.3) is 0 Å². The summed E-state index contributed by atoms with van der Waals surface area (Å²) < 4.78 is 5.23. The van der Waals surface area contributed by atoms with Crippen LogP contribution in [0.4, 0.5) is 0 Å². The van der Waals surface area contributed by atoms with Gasteiger partial charge in [-0.05, 0) is 19.3 Å². The van der Waals surface area contributed by atoms with Crippen molar-refractivity contribution < 1.29 is 9.32 Å². The fourth-order valence-corrected chi connectivity index (χ4v) is 2.45. The zero-order chi connectivity index (χ0) is 15.5. The van der Waals surface area contributed by atoms with E-state index < -0.39 is 0 Å². The maximum atomic E-state index is 12.1. The first-order valence-electron chi connectivity index (χ1n) is 7.72. The summed E-state index contributed by atoms with van der Waals surface area (Å²) in [6.07, 6.45) is 3.91. The third-order valence-corrected chi connectivity index (χ3v) is 3.73. The van der Waals surface area contributed by atoms with Crippen LogP contribution in [0.15, 0.2) is 4.52 Å². The van der Waals surface area contributed by atoms with Crippen molar-refractivity contribution in [2.24, 2.45) is 5.73 Å². The molecule has 1 saturated heterocycles. The number of likely N-dealkylation sites (tertiary alicyclic amines) is 1. The number of piperidine rings is 1. The molecule has 1 unspecified atom stereocenters. The van der Waals surface area contributed by atoms with Gasteiger partial charge in [-0.1, -0.05) is 25.9 Å². The fourth-order valence-electron chi connectivity index (χ4n) is 2.45. The van der Waals surface area contributed by atoms with E-state index in [2.05, 4.69) is 10.1 Å². The number of hydrogen-bond acceptors (Lipinski definition) is 5. The molecule has 2 rings (SSSR count). The van der Waals surface area contributed by atoms with Crippen LogP contribution in [0.2, 0.25) is 0 Å². The molecule has 0 saturated carbocycles. The Morgan fingerprint density at radius 2 is 2.18 bits per heavy atom. The Balaban J connectivity index is 0.00000242. The molecule has 0 aliphatic carbocycles. The Morgan fingerprint density at radius 3 is 2.77 bits per heavy atom. The number of nitrogens with two attached hydrogens (primary N) is 1. The summed E-state index contributed by atoms with van der Waals surface area (Å²) in [7, 11) is 0. The van der Waals surface area contributed by atoms with Crippen LogP contribution in [-0.4, -0.2) is 40.1 Å². The van der Waals surface area contributed by atoms with Gasteiger partial charge in [0.05, 0.1) is 0 Å². The lowest BCUT2D eigenvalue weighted by molar-refractivity contribution is -0.132. The highest BCUT2D eigenvalue weighted by molar-refractivity contribution is 5.85. The number of halogens is 1. The zero-order valence-electron chi connectivity index (χ0n) is 13.7. The average Bonchev–Trinajstić information content (AvgIpc) is 2.87. The summed E-state index contributed by atoms with van der Waals surface area (Å²) in [6.45, 7) is 7.66. The van der Waals surface area contributed by atoms with Crippen molar-refractivity contribution in [2.45, 2.75) is 64.3 Å². The quantitative estimate of drug-likeness (QED) is 0.913. The molecular weight excluding hydrogens is 304 g/mol. The topological polar surface area (TPSA) is 85.2 Å². The largest absolute Gasteiger partial charge is 0.341 e. The minimum atomic E-state index is -0.110. The minimum absolute atomic E-state index is 0. The van der Waals surface area contributed by atoms with E-state index in [4.69, 9.17) is 10.3 Å². The predicted molar refractivity (Wildman–Crippen MR) is 87.0 cm³/mol. The van der Waals surface area contributed by atoms with E-state index in [1.165, 1.54) is 0 Å². The number of rotatable bonds is 4. The molecule has 0 bridgehead atoms. The highest BCUT2D eigenvalue weighted by atomic mass is 35.5. The van der Waals surface area contributed by atoms with Crippen LogP contribution in [0.3, 0.4) is 0 Å². The Hall–Kier alpha value is -1.14. The van der Waals surface area contributed by atoms with Crippen LogP contribution in [0, 0.1) is 0 Å². The van der Waals surface area contributed by atoms with Crippen LogP contribution < -0.4 is 5.73 Å². The van der Waals surface area contributed by atoms with Gasteiger partial charge >= 0.3 is 0 Å². The Kier molecular flexibility index (Phi) is 6.81. The van der Waals surface area contributed by atoms with E-state index >= 15 is 0 Å². The first kappa shape index (κ1) is 18.9. The van der Waals surface area contributed by atoms with Gasteiger partial charge in [-0.2, -0.15) is 4.98 Å². The number of nitrogens with zero attached hydrogens (tertiary/aromatic N) is 3. The predicted octanol–water partition coefficient (Wildman–Crippen LogP) is 2.06. The van der Waals surface area contributed by atoms with Crippen molar-refractivity contribution in [1.29, 1.82) is 0 Å². The SMILES string of the molecule is CC(C)(C)c1noc(CCCC(=O)N2CCCC(N)C2)n1.Cl. The van der Waals surface area contributed by atoms with Crippen LogP contribution in [0.5, 0.6) is 0 Å². The molecule has 7 heteroatoms. The summed E-state index contributed by atoms with van der Waals surface area (Å²) in [5.41, 5.74) is 5.79. The third-order valence-electron chi connectivity index (χ3n) is 3.73. The smallest absolute Gasteiger partial charge is 0.226 e. The first-order chi connectivity index (χ1) is 9.86. The fraction of sp³-hybridized carbons (Fsp3) is 0.800. The standard InChI is InChI=1S/C15H26N4O2.ClH/c1-15(2,3)14-17-12(21-18-14)7-4-8-13(20)19-9-5-6-11(16)10-19;/h11H,4-10,16H2,1-3H3;1H. The molecule has 1 aromatic heterocycles. The Bertz CT molecular complexity index is 484.